The summed E-state index contributed by atoms with van der Waals surface area (Å²) in [6.07, 6.45) is 3.46. The summed E-state index contributed by atoms with van der Waals surface area (Å²) in [5.41, 5.74) is 9.67. The van der Waals surface area contributed by atoms with Gasteiger partial charge in [-0.1, -0.05) is 18.2 Å². The lowest BCUT2D eigenvalue weighted by Crippen LogP contribution is -2.13. The Morgan fingerprint density at radius 2 is 2.14 bits per heavy atom. The first-order chi connectivity index (χ1) is 10.6. The lowest BCUT2D eigenvalue weighted by molar-refractivity contribution is 0.100. The van der Waals surface area contributed by atoms with Crippen molar-refractivity contribution in [3.05, 3.63) is 53.9 Å². The lowest BCUT2D eigenvalue weighted by Gasteiger charge is -2.12. The predicted octanol–water partition coefficient (Wildman–Crippen LogP) is 2.39. The number of pyridine rings is 1. The van der Waals surface area contributed by atoms with Crippen LogP contribution in [0.25, 0.3) is 22.2 Å². The van der Waals surface area contributed by atoms with Crippen molar-refractivity contribution in [3.8, 4) is 11.1 Å². The zero-order valence-corrected chi connectivity index (χ0v) is 12.6. The summed E-state index contributed by atoms with van der Waals surface area (Å²) in [7, 11) is 4.05. The Kier molecular flexibility index (Phi) is 3.65. The van der Waals surface area contributed by atoms with Crippen molar-refractivity contribution in [2.75, 3.05) is 14.1 Å². The van der Waals surface area contributed by atoms with Gasteiger partial charge in [-0.25, -0.2) is 4.98 Å². The molecule has 2 heterocycles. The average Bonchev–Trinajstić information content (AvgIpc) is 2.93. The molecule has 112 valence electrons. The third-order valence-corrected chi connectivity index (χ3v) is 3.57. The van der Waals surface area contributed by atoms with E-state index < -0.39 is 5.91 Å². The number of nitrogens with zero attached hydrogens (tertiary/aromatic N) is 2. The Balaban J connectivity index is 2.17. The highest BCUT2D eigenvalue weighted by molar-refractivity contribution is 6.10. The Labute approximate surface area is 128 Å². The Morgan fingerprint density at radius 3 is 2.86 bits per heavy atom. The molecule has 22 heavy (non-hydrogen) atoms. The van der Waals surface area contributed by atoms with E-state index in [0.29, 0.717) is 11.2 Å². The van der Waals surface area contributed by atoms with Gasteiger partial charge in [-0.2, -0.15) is 0 Å². The van der Waals surface area contributed by atoms with Crippen LogP contribution >= 0.6 is 0 Å². The molecule has 2 aromatic heterocycles. The maximum absolute atomic E-state index is 11.9. The number of aromatic amines is 1. The molecule has 0 saturated heterocycles. The molecular formula is C17H18N4O. The first kappa shape index (κ1) is 14.3. The van der Waals surface area contributed by atoms with Crippen molar-refractivity contribution in [2.24, 2.45) is 5.73 Å². The van der Waals surface area contributed by atoms with Gasteiger partial charge in [0.25, 0.3) is 0 Å². The van der Waals surface area contributed by atoms with Crippen LogP contribution in [0.1, 0.15) is 15.9 Å². The second-order valence-electron chi connectivity index (χ2n) is 5.59. The van der Waals surface area contributed by atoms with Crippen LogP contribution in [0.3, 0.4) is 0 Å². The van der Waals surface area contributed by atoms with Gasteiger partial charge in [0.05, 0.1) is 5.56 Å². The minimum atomic E-state index is -0.444. The summed E-state index contributed by atoms with van der Waals surface area (Å²) >= 11 is 0. The molecule has 5 heteroatoms. The molecule has 5 nitrogen and oxygen atoms in total. The molecule has 0 aliphatic carbocycles. The van der Waals surface area contributed by atoms with Crippen LogP contribution in [-0.2, 0) is 6.54 Å². The van der Waals surface area contributed by atoms with E-state index in [1.165, 1.54) is 5.56 Å². The maximum atomic E-state index is 11.9. The SMILES string of the molecule is CN(C)Cc1cccc(-c2cnc3[nH]ccc3c2C(N)=O)c1. The van der Waals surface area contributed by atoms with Gasteiger partial charge in [0.2, 0.25) is 5.91 Å². The molecule has 1 aromatic carbocycles. The largest absolute Gasteiger partial charge is 0.366 e. The topological polar surface area (TPSA) is 75.0 Å². The van der Waals surface area contributed by atoms with E-state index in [4.69, 9.17) is 5.73 Å². The van der Waals surface area contributed by atoms with E-state index in [0.717, 1.165) is 23.1 Å². The smallest absolute Gasteiger partial charge is 0.250 e. The predicted molar refractivity (Wildman–Crippen MR) is 87.4 cm³/mol. The quantitative estimate of drug-likeness (QED) is 0.776. The van der Waals surface area contributed by atoms with Crippen LogP contribution in [0.4, 0.5) is 0 Å². The first-order valence-corrected chi connectivity index (χ1v) is 7.06. The highest BCUT2D eigenvalue weighted by atomic mass is 16.1. The first-order valence-electron chi connectivity index (χ1n) is 7.06. The van der Waals surface area contributed by atoms with Crippen LogP contribution in [0, 0.1) is 0 Å². The highest BCUT2D eigenvalue weighted by Gasteiger charge is 2.16. The fraction of sp³-hybridized carbons (Fsp3) is 0.176. The standard InChI is InChI=1S/C17H18N4O/c1-21(2)10-11-4-3-5-12(8-11)14-9-20-17-13(6-7-19-17)15(14)16(18)22/h3-9H,10H2,1-2H3,(H2,18,22)(H,19,20). The molecular weight excluding hydrogens is 276 g/mol. The fourth-order valence-electron chi connectivity index (χ4n) is 2.69. The van der Waals surface area contributed by atoms with Crippen LogP contribution in [0.5, 0.6) is 0 Å². The van der Waals surface area contributed by atoms with Crippen LogP contribution in [0.2, 0.25) is 0 Å². The molecule has 3 rings (SSSR count). The number of carbonyl (C=O) groups excluding carboxylic acids is 1. The number of nitrogens with one attached hydrogen (secondary N) is 1. The monoisotopic (exact) mass is 294 g/mol. The van der Waals surface area contributed by atoms with Crippen LogP contribution < -0.4 is 5.73 Å². The molecule has 0 spiro atoms. The number of carbonyl (C=O) groups is 1. The van der Waals surface area contributed by atoms with Crippen molar-refractivity contribution < 1.29 is 4.79 Å². The molecule has 0 bridgehead atoms. The Hall–Kier alpha value is -2.66. The number of fused-ring (bicyclic) bond motifs is 1. The van der Waals surface area contributed by atoms with Crippen LogP contribution in [0.15, 0.2) is 42.7 Å². The third kappa shape index (κ3) is 2.58. The Bertz CT molecular complexity index is 836. The Morgan fingerprint density at radius 1 is 1.32 bits per heavy atom. The van der Waals surface area contributed by atoms with E-state index >= 15 is 0 Å². The fourth-order valence-corrected chi connectivity index (χ4v) is 2.69. The van der Waals surface area contributed by atoms with Crippen molar-refractivity contribution in [2.45, 2.75) is 6.54 Å². The number of rotatable bonds is 4. The van der Waals surface area contributed by atoms with E-state index in [1.54, 1.807) is 12.4 Å². The number of H-pyrrole nitrogens is 1. The highest BCUT2D eigenvalue weighted by Crippen LogP contribution is 2.29. The maximum Gasteiger partial charge on any atom is 0.250 e. The summed E-state index contributed by atoms with van der Waals surface area (Å²) < 4.78 is 0. The van der Waals surface area contributed by atoms with E-state index in [2.05, 4.69) is 27.0 Å². The summed E-state index contributed by atoms with van der Waals surface area (Å²) in [4.78, 5) is 21.4. The van der Waals surface area contributed by atoms with Gasteiger partial charge in [-0.3, -0.25) is 4.79 Å². The van der Waals surface area contributed by atoms with Crippen LogP contribution in [-0.4, -0.2) is 34.9 Å². The molecule has 0 unspecified atom stereocenters. The second-order valence-corrected chi connectivity index (χ2v) is 5.59. The molecule has 3 N–H and O–H groups in total. The van der Waals surface area contributed by atoms with E-state index in [1.807, 2.05) is 32.3 Å². The van der Waals surface area contributed by atoms with Gasteiger partial charge < -0.3 is 15.6 Å². The molecule has 1 amide bonds. The second kappa shape index (κ2) is 5.61. The van der Waals surface area contributed by atoms with Gasteiger partial charge in [0.1, 0.15) is 5.65 Å². The molecule has 3 aromatic rings. The molecule has 0 saturated carbocycles. The molecule has 0 radical (unpaired) electrons. The molecule has 0 aliphatic heterocycles. The van der Waals surface area contributed by atoms with Crippen molar-refractivity contribution >= 4 is 16.9 Å². The number of amides is 1. The summed E-state index contributed by atoms with van der Waals surface area (Å²) in [5, 5.41) is 0.753. The minimum Gasteiger partial charge on any atom is -0.366 e. The third-order valence-electron chi connectivity index (χ3n) is 3.57. The minimum absolute atomic E-state index is 0.444. The van der Waals surface area contributed by atoms with Gasteiger partial charge in [-0.15, -0.1) is 0 Å². The van der Waals surface area contributed by atoms with Gasteiger partial charge in [0.15, 0.2) is 0 Å². The van der Waals surface area contributed by atoms with Crippen molar-refractivity contribution in [3.63, 3.8) is 0 Å². The lowest BCUT2D eigenvalue weighted by atomic mass is 9.97. The number of benzene rings is 1. The number of primary amides is 1. The van der Waals surface area contributed by atoms with Gasteiger partial charge >= 0.3 is 0 Å². The van der Waals surface area contributed by atoms with Gasteiger partial charge in [0, 0.05) is 29.9 Å². The molecule has 0 aliphatic rings. The normalized spacial score (nSPS) is 11.2. The van der Waals surface area contributed by atoms with Crippen molar-refractivity contribution in [1.82, 2.24) is 14.9 Å². The number of nitrogens with two attached hydrogens (primary N) is 1. The summed E-state index contributed by atoms with van der Waals surface area (Å²) in [5.74, 6) is -0.444. The van der Waals surface area contributed by atoms with E-state index in [-0.39, 0.29) is 0 Å². The van der Waals surface area contributed by atoms with Crippen molar-refractivity contribution in [1.29, 1.82) is 0 Å². The van der Waals surface area contributed by atoms with E-state index in [9.17, 15) is 4.79 Å². The number of hydrogen-bond acceptors (Lipinski definition) is 3. The summed E-state index contributed by atoms with van der Waals surface area (Å²) in [6.45, 7) is 0.833. The average molecular weight is 294 g/mol. The zero-order chi connectivity index (χ0) is 15.7. The molecule has 0 fully saturated rings. The summed E-state index contributed by atoms with van der Waals surface area (Å²) in [6, 6.07) is 9.93. The number of hydrogen-bond donors (Lipinski definition) is 2. The van der Waals surface area contributed by atoms with Gasteiger partial charge in [-0.05, 0) is 37.4 Å². The molecule has 0 atom stereocenters. The number of aromatic nitrogens is 2. The zero-order valence-electron chi connectivity index (χ0n) is 12.6.